The third kappa shape index (κ3) is 6.05. The number of guanidine groups is 1. The Labute approximate surface area is 170 Å². The number of anilines is 1. The van der Waals surface area contributed by atoms with Crippen LogP contribution in [0.4, 0.5) is 5.69 Å². The van der Waals surface area contributed by atoms with Gasteiger partial charge in [-0.15, -0.1) is 0 Å². The first-order valence-electron chi connectivity index (χ1n) is 9.69. The van der Waals surface area contributed by atoms with Crippen LogP contribution < -0.4 is 15.5 Å². The highest BCUT2D eigenvalue weighted by atomic mass is 32.2. The minimum atomic E-state index is 0.215. The van der Waals surface area contributed by atoms with Gasteiger partial charge in [0.05, 0.1) is 12.8 Å². The number of aliphatic imine (C=N–C) groups is 1. The fraction of sp³-hybridized carbons (Fsp3) is 0.429. The number of hydrogen-bond acceptors (Lipinski definition) is 4. The van der Waals surface area contributed by atoms with Crippen LogP contribution in [0.15, 0.2) is 52.1 Å². The van der Waals surface area contributed by atoms with Gasteiger partial charge in [0, 0.05) is 43.9 Å². The molecular formula is C21H28N4O2S. The molecule has 6 nitrogen and oxygen atoms in total. The van der Waals surface area contributed by atoms with Crippen LogP contribution in [0.25, 0.3) is 0 Å². The molecule has 2 N–H and O–H groups in total. The quantitative estimate of drug-likeness (QED) is 0.385. The molecule has 0 bridgehead atoms. The lowest BCUT2D eigenvalue weighted by molar-refractivity contribution is -0.117. The van der Waals surface area contributed by atoms with Crippen molar-refractivity contribution in [2.75, 3.05) is 36.5 Å². The summed E-state index contributed by atoms with van der Waals surface area (Å²) < 4.78 is 5.37. The second-order valence-electron chi connectivity index (χ2n) is 6.66. The first-order valence-corrected chi connectivity index (χ1v) is 11.1. The Morgan fingerprint density at radius 2 is 2.04 bits per heavy atom. The van der Waals surface area contributed by atoms with Gasteiger partial charge < -0.3 is 20.0 Å². The van der Waals surface area contributed by atoms with Crippen LogP contribution in [0.3, 0.4) is 0 Å². The summed E-state index contributed by atoms with van der Waals surface area (Å²) in [6.45, 7) is 3.03. The highest BCUT2D eigenvalue weighted by Crippen LogP contribution is 2.21. The lowest BCUT2D eigenvalue weighted by atomic mass is 10.2. The van der Waals surface area contributed by atoms with Gasteiger partial charge in [0.25, 0.3) is 0 Å². The molecule has 1 aliphatic heterocycles. The molecule has 0 saturated carbocycles. The van der Waals surface area contributed by atoms with Gasteiger partial charge in [-0.2, -0.15) is 11.8 Å². The molecule has 28 heavy (non-hydrogen) atoms. The summed E-state index contributed by atoms with van der Waals surface area (Å²) in [5.74, 6) is 3.01. The van der Waals surface area contributed by atoms with Crippen molar-refractivity contribution in [3.8, 4) is 0 Å². The van der Waals surface area contributed by atoms with Crippen LogP contribution in [0, 0.1) is 0 Å². The Morgan fingerprint density at radius 1 is 1.21 bits per heavy atom. The van der Waals surface area contributed by atoms with E-state index < -0.39 is 0 Å². The summed E-state index contributed by atoms with van der Waals surface area (Å²) in [4.78, 5) is 18.4. The molecule has 0 radical (unpaired) electrons. The van der Waals surface area contributed by atoms with E-state index in [4.69, 9.17) is 9.41 Å². The molecule has 2 aromatic rings. The zero-order valence-corrected chi connectivity index (χ0v) is 17.1. The van der Waals surface area contributed by atoms with Crippen LogP contribution >= 0.6 is 11.8 Å². The number of rotatable bonds is 9. The SMILES string of the molecule is CSCCNC(=NCc1ccc(N2CCCC2=O)cc1)NCCc1ccco1. The lowest BCUT2D eigenvalue weighted by Gasteiger charge is -2.16. The van der Waals surface area contributed by atoms with Crippen molar-refractivity contribution >= 4 is 29.3 Å². The van der Waals surface area contributed by atoms with Crippen LogP contribution in [0.2, 0.25) is 0 Å². The molecule has 2 heterocycles. The maximum Gasteiger partial charge on any atom is 0.227 e. The summed E-state index contributed by atoms with van der Waals surface area (Å²) in [6.07, 6.45) is 6.20. The fourth-order valence-corrected chi connectivity index (χ4v) is 3.38. The van der Waals surface area contributed by atoms with E-state index in [0.29, 0.717) is 13.0 Å². The largest absolute Gasteiger partial charge is 0.469 e. The minimum absolute atomic E-state index is 0.215. The van der Waals surface area contributed by atoms with E-state index in [1.807, 2.05) is 41.3 Å². The van der Waals surface area contributed by atoms with Crippen molar-refractivity contribution in [1.29, 1.82) is 0 Å². The predicted octanol–water partition coefficient (Wildman–Crippen LogP) is 3.05. The van der Waals surface area contributed by atoms with Crippen molar-refractivity contribution < 1.29 is 9.21 Å². The van der Waals surface area contributed by atoms with Crippen molar-refractivity contribution in [3.05, 3.63) is 54.0 Å². The predicted molar refractivity (Wildman–Crippen MR) is 116 cm³/mol. The number of carbonyl (C=O) groups excluding carboxylic acids is 1. The first-order chi connectivity index (χ1) is 13.8. The Bertz CT molecular complexity index is 759. The molecule has 0 aliphatic carbocycles. The van der Waals surface area contributed by atoms with E-state index in [1.165, 1.54) is 0 Å². The van der Waals surface area contributed by atoms with E-state index in [1.54, 1.807) is 18.0 Å². The number of carbonyl (C=O) groups is 1. The average Bonchev–Trinajstić information content (AvgIpc) is 3.38. The van der Waals surface area contributed by atoms with Crippen molar-refractivity contribution in [1.82, 2.24) is 10.6 Å². The zero-order valence-electron chi connectivity index (χ0n) is 16.3. The molecule has 1 aromatic heterocycles. The van der Waals surface area contributed by atoms with Crippen LogP contribution in [0.5, 0.6) is 0 Å². The normalized spacial score (nSPS) is 14.5. The molecular weight excluding hydrogens is 372 g/mol. The highest BCUT2D eigenvalue weighted by Gasteiger charge is 2.21. The number of furan rings is 1. The fourth-order valence-electron chi connectivity index (χ4n) is 3.08. The Kier molecular flexibility index (Phi) is 7.84. The number of nitrogens with one attached hydrogen (secondary N) is 2. The van der Waals surface area contributed by atoms with Gasteiger partial charge in [0.1, 0.15) is 5.76 Å². The molecule has 0 atom stereocenters. The monoisotopic (exact) mass is 400 g/mol. The summed E-state index contributed by atoms with van der Waals surface area (Å²) in [5, 5.41) is 6.73. The van der Waals surface area contributed by atoms with E-state index in [-0.39, 0.29) is 5.91 Å². The Hall–Kier alpha value is -2.41. The standard InChI is InChI=1S/C21H28N4O2S/c1-28-15-12-23-21(22-11-10-19-4-3-14-27-19)24-16-17-6-8-18(9-7-17)25-13-2-5-20(25)26/h3-4,6-9,14H,2,5,10-13,15-16H2,1H3,(H2,22,23,24). The molecule has 150 valence electrons. The van der Waals surface area contributed by atoms with Gasteiger partial charge in [0.2, 0.25) is 5.91 Å². The molecule has 0 spiro atoms. The van der Waals surface area contributed by atoms with E-state index in [2.05, 4.69) is 16.9 Å². The number of benzene rings is 1. The van der Waals surface area contributed by atoms with Gasteiger partial charge in [-0.3, -0.25) is 4.79 Å². The molecule has 1 amide bonds. The summed E-state index contributed by atoms with van der Waals surface area (Å²) in [6, 6.07) is 12.0. The molecule has 3 rings (SSSR count). The van der Waals surface area contributed by atoms with Gasteiger partial charge in [-0.1, -0.05) is 12.1 Å². The molecule has 7 heteroatoms. The minimum Gasteiger partial charge on any atom is -0.469 e. The third-order valence-corrected chi connectivity index (χ3v) is 5.20. The second kappa shape index (κ2) is 10.8. The van der Waals surface area contributed by atoms with E-state index in [9.17, 15) is 4.79 Å². The third-order valence-electron chi connectivity index (χ3n) is 4.58. The van der Waals surface area contributed by atoms with Crippen LogP contribution in [0.1, 0.15) is 24.2 Å². The molecule has 1 aliphatic rings. The number of hydrogen-bond donors (Lipinski definition) is 2. The molecule has 0 unspecified atom stereocenters. The number of amides is 1. The van der Waals surface area contributed by atoms with Crippen molar-refractivity contribution in [2.24, 2.45) is 4.99 Å². The molecule has 1 saturated heterocycles. The van der Waals surface area contributed by atoms with Gasteiger partial charge in [-0.25, -0.2) is 4.99 Å². The van der Waals surface area contributed by atoms with E-state index >= 15 is 0 Å². The zero-order chi connectivity index (χ0) is 19.6. The maximum absolute atomic E-state index is 11.9. The summed E-state index contributed by atoms with van der Waals surface area (Å²) in [7, 11) is 0. The number of nitrogens with zero attached hydrogens (tertiary/aromatic N) is 2. The van der Waals surface area contributed by atoms with Crippen LogP contribution in [-0.4, -0.2) is 43.5 Å². The smallest absolute Gasteiger partial charge is 0.227 e. The number of thioether (sulfide) groups is 1. The lowest BCUT2D eigenvalue weighted by Crippen LogP contribution is -2.39. The Balaban J connectivity index is 1.55. The summed E-state index contributed by atoms with van der Waals surface area (Å²) in [5.41, 5.74) is 2.09. The molecule has 1 aromatic carbocycles. The van der Waals surface area contributed by atoms with Crippen molar-refractivity contribution in [3.63, 3.8) is 0 Å². The van der Waals surface area contributed by atoms with Gasteiger partial charge >= 0.3 is 0 Å². The highest BCUT2D eigenvalue weighted by molar-refractivity contribution is 7.98. The second-order valence-corrected chi connectivity index (χ2v) is 7.64. The Morgan fingerprint density at radius 3 is 2.71 bits per heavy atom. The molecule has 1 fully saturated rings. The van der Waals surface area contributed by atoms with Gasteiger partial charge in [0.15, 0.2) is 5.96 Å². The first kappa shape index (κ1) is 20.3. The van der Waals surface area contributed by atoms with Crippen molar-refractivity contribution in [2.45, 2.75) is 25.8 Å². The van der Waals surface area contributed by atoms with Gasteiger partial charge in [-0.05, 0) is 42.5 Å². The van der Waals surface area contributed by atoms with Crippen LogP contribution in [-0.2, 0) is 17.8 Å². The average molecular weight is 401 g/mol. The topological polar surface area (TPSA) is 69.9 Å². The maximum atomic E-state index is 11.9. The van der Waals surface area contributed by atoms with E-state index in [0.717, 1.165) is 61.2 Å². The summed E-state index contributed by atoms with van der Waals surface area (Å²) >= 11 is 1.80.